The van der Waals surface area contributed by atoms with E-state index < -0.39 is 59.5 Å². The molecule has 252 valence electrons. The topological polar surface area (TPSA) is 280 Å². The molecule has 1 rings (SSSR count). The molecule has 17 heteroatoms. The van der Waals surface area contributed by atoms with Crippen LogP contribution in [0, 0.1) is 5.92 Å². The lowest BCUT2D eigenvalue weighted by Crippen LogP contribution is -2.58. The summed E-state index contributed by atoms with van der Waals surface area (Å²) in [7, 11) is 0. The number of aliphatic imine (C=N–C) groups is 1. The summed E-state index contributed by atoms with van der Waals surface area (Å²) >= 11 is 1.13. The van der Waals surface area contributed by atoms with Gasteiger partial charge in [-0.1, -0.05) is 13.8 Å². The molecule has 0 aliphatic rings. The fourth-order valence-corrected chi connectivity index (χ4v) is 4.98. The predicted molar refractivity (Wildman–Crippen MR) is 171 cm³/mol. The summed E-state index contributed by atoms with van der Waals surface area (Å²) in [5.41, 5.74) is 21.6. The first kappa shape index (κ1) is 38.9. The first-order valence-electron chi connectivity index (χ1n) is 14.9. The predicted octanol–water partition coefficient (Wildman–Crippen LogP) is -1.22. The van der Waals surface area contributed by atoms with Gasteiger partial charge in [0, 0.05) is 31.5 Å². The molecule has 16 nitrogen and oxygen atoms in total. The van der Waals surface area contributed by atoms with Gasteiger partial charge in [-0.2, -0.15) is 0 Å². The molecule has 5 amide bonds. The van der Waals surface area contributed by atoms with Crippen molar-refractivity contribution < 1.29 is 28.8 Å². The van der Waals surface area contributed by atoms with Crippen molar-refractivity contribution in [1.29, 1.82) is 0 Å². The highest BCUT2D eigenvalue weighted by Gasteiger charge is 2.32. The van der Waals surface area contributed by atoms with Crippen molar-refractivity contribution in [3.05, 3.63) is 16.6 Å². The summed E-state index contributed by atoms with van der Waals surface area (Å²) < 4.78 is 0. The molecule has 1 aromatic rings. The van der Waals surface area contributed by atoms with Crippen molar-refractivity contribution >= 4 is 52.6 Å². The second kappa shape index (κ2) is 20.8. The van der Waals surface area contributed by atoms with Gasteiger partial charge < -0.3 is 44.2 Å². The number of ketones is 1. The van der Waals surface area contributed by atoms with Crippen molar-refractivity contribution in [2.45, 2.75) is 96.3 Å². The van der Waals surface area contributed by atoms with Crippen LogP contribution in [0.15, 0.2) is 16.6 Å². The summed E-state index contributed by atoms with van der Waals surface area (Å²) in [4.78, 5) is 84.6. The quantitative estimate of drug-likeness (QED) is 0.0320. The fraction of sp³-hybridized carbons (Fsp3) is 0.643. The Labute approximate surface area is 267 Å². The average Bonchev–Trinajstić information content (AvgIpc) is 3.50. The molecule has 0 aliphatic heterocycles. The number of carbonyl (C=O) groups excluding carboxylic acids is 6. The number of hydrogen-bond acceptors (Lipinski definition) is 10. The normalized spacial score (nSPS) is 13.5. The number of carbonyl (C=O) groups is 6. The number of nitrogens with one attached hydrogen (secondary N) is 4. The van der Waals surface area contributed by atoms with Crippen molar-refractivity contribution in [2.24, 2.45) is 33.8 Å². The average molecular weight is 653 g/mol. The Bertz CT molecular complexity index is 1160. The Hall–Kier alpha value is -4.12. The largest absolute Gasteiger partial charge is 0.370 e. The molecule has 0 saturated carbocycles. The molecule has 4 atom stereocenters. The van der Waals surface area contributed by atoms with Gasteiger partial charge in [-0.3, -0.25) is 33.8 Å². The Morgan fingerprint density at radius 2 is 1.40 bits per heavy atom. The van der Waals surface area contributed by atoms with Gasteiger partial charge in [-0.05, 0) is 57.4 Å². The van der Waals surface area contributed by atoms with E-state index in [0.29, 0.717) is 25.8 Å². The van der Waals surface area contributed by atoms with E-state index in [4.69, 9.17) is 22.9 Å². The van der Waals surface area contributed by atoms with Gasteiger partial charge in [-0.25, -0.2) is 4.98 Å². The number of unbranched alkanes of at least 4 members (excludes halogenated alkanes) is 1. The molecule has 1 aromatic heterocycles. The number of amides is 5. The van der Waals surface area contributed by atoms with E-state index in [-0.39, 0.29) is 55.5 Å². The second-order valence-corrected chi connectivity index (χ2v) is 11.9. The molecule has 0 bridgehead atoms. The lowest BCUT2D eigenvalue weighted by Gasteiger charge is -2.27. The van der Waals surface area contributed by atoms with Crippen LogP contribution in [0.25, 0.3) is 0 Å². The number of guanidine groups is 1. The van der Waals surface area contributed by atoms with Crippen LogP contribution < -0.4 is 44.2 Å². The lowest BCUT2D eigenvalue weighted by atomic mass is 10.00. The van der Waals surface area contributed by atoms with Gasteiger partial charge in [0.2, 0.25) is 35.3 Å². The zero-order valence-corrected chi connectivity index (χ0v) is 27.0. The van der Waals surface area contributed by atoms with Crippen LogP contribution in [0.1, 0.15) is 81.9 Å². The number of Topliss-reactive ketones (excluding diaryl/α,β-unsaturated/α-hetero) is 1. The SMILES string of the molecule is CC(=O)N[C@@H](CCCCN)C(=O)N[C@@H](CCC(N)=O)C(=O)N[C@@H](CC(C)C)C(=O)N[C@H](CCCN=C(N)N)C(=O)c1nccs1. The third kappa shape index (κ3) is 16.0. The molecular formula is C28H48N10O6S. The van der Waals surface area contributed by atoms with E-state index in [2.05, 4.69) is 31.2 Å². The minimum absolute atomic E-state index is 0.0543. The summed E-state index contributed by atoms with van der Waals surface area (Å²) in [6, 6.07) is -4.25. The minimum atomic E-state index is -1.24. The van der Waals surface area contributed by atoms with E-state index in [0.717, 1.165) is 11.3 Å². The third-order valence-corrected chi connectivity index (χ3v) is 7.30. The van der Waals surface area contributed by atoms with E-state index in [1.54, 1.807) is 5.38 Å². The summed E-state index contributed by atoms with van der Waals surface area (Å²) in [5.74, 6) is -3.66. The van der Waals surface area contributed by atoms with E-state index in [9.17, 15) is 28.8 Å². The Morgan fingerprint density at radius 1 is 0.822 bits per heavy atom. The smallest absolute Gasteiger partial charge is 0.243 e. The Balaban J connectivity index is 3.17. The summed E-state index contributed by atoms with van der Waals surface area (Å²) in [6.07, 6.45) is 3.35. The zero-order chi connectivity index (χ0) is 33.9. The van der Waals surface area contributed by atoms with Crippen LogP contribution in [-0.4, -0.2) is 83.5 Å². The molecule has 0 aromatic carbocycles. The highest BCUT2D eigenvalue weighted by molar-refractivity contribution is 7.11. The van der Waals surface area contributed by atoms with Crippen molar-refractivity contribution in [3.8, 4) is 0 Å². The monoisotopic (exact) mass is 652 g/mol. The van der Waals surface area contributed by atoms with Crippen LogP contribution in [0.3, 0.4) is 0 Å². The Morgan fingerprint density at radius 3 is 1.93 bits per heavy atom. The number of primary amides is 1. The maximum atomic E-state index is 13.5. The van der Waals surface area contributed by atoms with Crippen molar-refractivity contribution in [1.82, 2.24) is 26.3 Å². The first-order valence-corrected chi connectivity index (χ1v) is 15.8. The number of nitrogens with two attached hydrogens (primary N) is 4. The standard InChI is InChI=1S/C28H48N10O6S/c1-16(2)15-21(26(44)36-18(8-6-12-34-28(31)32)23(41)27-33-13-14-45-27)38-25(43)20(9-10-22(30)40)37-24(42)19(35-17(3)39)7-4-5-11-29/h13-14,16,18-21H,4-12,15,29H2,1-3H3,(H2,30,40)(H,35,39)(H,36,44)(H,37,42)(H,38,43)(H4,31,32,34)/t18-,19+,20+,21+/m1/s1. The minimum Gasteiger partial charge on any atom is -0.370 e. The molecule has 0 unspecified atom stereocenters. The molecule has 1 heterocycles. The molecular weight excluding hydrogens is 604 g/mol. The van der Waals surface area contributed by atoms with Gasteiger partial charge in [-0.15, -0.1) is 11.3 Å². The van der Waals surface area contributed by atoms with Crippen LogP contribution in [0.5, 0.6) is 0 Å². The van der Waals surface area contributed by atoms with E-state index >= 15 is 0 Å². The van der Waals surface area contributed by atoms with Crippen molar-refractivity contribution in [3.63, 3.8) is 0 Å². The number of aromatic nitrogens is 1. The van der Waals surface area contributed by atoms with Gasteiger partial charge in [0.25, 0.3) is 0 Å². The van der Waals surface area contributed by atoms with Gasteiger partial charge in [0.05, 0.1) is 6.04 Å². The molecule has 0 saturated heterocycles. The molecule has 12 N–H and O–H groups in total. The van der Waals surface area contributed by atoms with Gasteiger partial charge in [0.1, 0.15) is 18.1 Å². The maximum absolute atomic E-state index is 13.5. The Kier molecular flexibility index (Phi) is 18.0. The highest BCUT2D eigenvalue weighted by Crippen LogP contribution is 2.13. The van der Waals surface area contributed by atoms with E-state index in [1.165, 1.54) is 13.1 Å². The molecule has 0 spiro atoms. The van der Waals surface area contributed by atoms with Crippen LogP contribution >= 0.6 is 11.3 Å². The highest BCUT2D eigenvalue weighted by atomic mass is 32.1. The zero-order valence-electron chi connectivity index (χ0n) is 26.2. The van der Waals surface area contributed by atoms with Gasteiger partial charge >= 0.3 is 0 Å². The molecule has 0 aliphatic carbocycles. The van der Waals surface area contributed by atoms with Crippen molar-refractivity contribution in [2.75, 3.05) is 13.1 Å². The number of nitrogens with zero attached hydrogens (tertiary/aromatic N) is 2. The van der Waals surface area contributed by atoms with Crippen LogP contribution in [0.2, 0.25) is 0 Å². The van der Waals surface area contributed by atoms with E-state index in [1.807, 2.05) is 13.8 Å². The summed E-state index contributed by atoms with van der Waals surface area (Å²) in [5, 5.41) is 12.4. The number of rotatable bonds is 22. The molecule has 45 heavy (non-hydrogen) atoms. The first-order chi connectivity index (χ1) is 21.2. The second-order valence-electron chi connectivity index (χ2n) is 11.0. The number of thiazole rings is 1. The lowest BCUT2D eigenvalue weighted by molar-refractivity contribution is -0.134. The molecule has 0 fully saturated rings. The van der Waals surface area contributed by atoms with Gasteiger partial charge in [0.15, 0.2) is 11.0 Å². The summed E-state index contributed by atoms with van der Waals surface area (Å²) in [6.45, 7) is 5.61. The molecule has 0 radical (unpaired) electrons. The maximum Gasteiger partial charge on any atom is 0.243 e. The fourth-order valence-electron chi connectivity index (χ4n) is 4.35. The van der Waals surface area contributed by atoms with Crippen LogP contribution in [0.4, 0.5) is 0 Å². The third-order valence-electron chi connectivity index (χ3n) is 6.51. The van der Waals surface area contributed by atoms with Crippen LogP contribution in [-0.2, 0) is 24.0 Å². The number of hydrogen-bond donors (Lipinski definition) is 8.